The minimum absolute atomic E-state index is 0.117. The summed E-state index contributed by atoms with van der Waals surface area (Å²) in [5.41, 5.74) is 1.18. The van der Waals surface area contributed by atoms with E-state index in [0.29, 0.717) is 18.1 Å². The van der Waals surface area contributed by atoms with Gasteiger partial charge in [-0.1, -0.05) is 5.16 Å². The van der Waals surface area contributed by atoms with Gasteiger partial charge in [0.25, 0.3) is 5.56 Å². The number of pyridine rings is 1. The first-order valence-corrected chi connectivity index (χ1v) is 5.69. The SMILES string of the molecule is COCc1cc(Cn2c(C)ccc(C#N)c2=O)no1. The molecule has 0 unspecified atom stereocenters. The molecule has 6 heteroatoms. The van der Waals surface area contributed by atoms with Crippen LogP contribution in [-0.2, 0) is 17.9 Å². The quantitative estimate of drug-likeness (QED) is 0.824. The maximum Gasteiger partial charge on any atom is 0.269 e. The summed E-state index contributed by atoms with van der Waals surface area (Å²) >= 11 is 0. The number of aryl methyl sites for hydroxylation is 1. The molecule has 0 N–H and O–H groups in total. The summed E-state index contributed by atoms with van der Waals surface area (Å²) in [5.74, 6) is 0.597. The smallest absolute Gasteiger partial charge is 0.269 e. The van der Waals surface area contributed by atoms with Crippen molar-refractivity contribution in [2.24, 2.45) is 0 Å². The average molecular weight is 259 g/mol. The van der Waals surface area contributed by atoms with Gasteiger partial charge in [-0.05, 0) is 19.1 Å². The number of hydrogen-bond acceptors (Lipinski definition) is 5. The number of aromatic nitrogens is 2. The van der Waals surface area contributed by atoms with Crippen LogP contribution in [0.25, 0.3) is 0 Å². The molecular weight excluding hydrogens is 246 g/mol. The monoisotopic (exact) mass is 259 g/mol. The Labute approximate surface area is 109 Å². The first kappa shape index (κ1) is 13.1. The molecule has 2 aromatic rings. The van der Waals surface area contributed by atoms with E-state index in [1.165, 1.54) is 10.6 Å². The summed E-state index contributed by atoms with van der Waals surface area (Å²) in [4.78, 5) is 12.0. The van der Waals surface area contributed by atoms with Gasteiger partial charge in [-0.25, -0.2) is 0 Å². The molecule has 0 saturated heterocycles. The Morgan fingerprint density at radius 2 is 2.32 bits per heavy atom. The first-order chi connectivity index (χ1) is 9.15. The van der Waals surface area contributed by atoms with Crippen molar-refractivity contribution >= 4 is 0 Å². The predicted octanol–water partition coefficient (Wildman–Crippen LogP) is 1.21. The van der Waals surface area contributed by atoms with Crippen molar-refractivity contribution < 1.29 is 9.26 Å². The van der Waals surface area contributed by atoms with E-state index in [4.69, 9.17) is 14.5 Å². The summed E-state index contributed by atoms with van der Waals surface area (Å²) in [6, 6.07) is 6.86. The molecule has 6 nitrogen and oxygen atoms in total. The third kappa shape index (κ3) is 2.72. The molecule has 0 aliphatic heterocycles. The molecule has 0 atom stereocenters. The molecule has 2 rings (SSSR count). The van der Waals surface area contributed by atoms with Gasteiger partial charge in [0.05, 0.1) is 6.54 Å². The average Bonchev–Trinajstić information content (AvgIpc) is 2.83. The molecule has 0 radical (unpaired) electrons. The van der Waals surface area contributed by atoms with E-state index in [-0.39, 0.29) is 17.7 Å². The van der Waals surface area contributed by atoms with Gasteiger partial charge in [0, 0.05) is 18.9 Å². The van der Waals surface area contributed by atoms with Crippen molar-refractivity contribution in [1.82, 2.24) is 9.72 Å². The summed E-state index contributed by atoms with van der Waals surface area (Å²) < 4.78 is 11.5. The Kier molecular flexibility index (Phi) is 3.78. The standard InChI is InChI=1S/C13H13N3O3/c1-9-3-4-10(6-14)13(17)16(9)7-11-5-12(8-18-2)19-15-11/h3-5H,7-8H2,1-2H3. The normalized spacial score (nSPS) is 10.4. The maximum atomic E-state index is 12.0. The number of ether oxygens (including phenoxy) is 1. The van der Waals surface area contributed by atoms with Crippen LogP contribution in [0, 0.1) is 18.3 Å². The van der Waals surface area contributed by atoms with Crippen LogP contribution in [0.15, 0.2) is 27.5 Å². The minimum Gasteiger partial charge on any atom is -0.377 e. The van der Waals surface area contributed by atoms with Crippen molar-refractivity contribution in [3.8, 4) is 6.07 Å². The summed E-state index contributed by atoms with van der Waals surface area (Å²) in [6.07, 6.45) is 0. The van der Waals surface area contributed by atoms with Gasteiger partial charge >= 0.3 is 0 Å². The van der Waals surface area contributed by atoms with E-state index in [9.17, 15) is 4.79 Å². The summed E-state index contributed by atoms with van der Waals surface area (Å²) in [5, 5.41) is 12.7. The fourth-order valence-electron chi connectivity index (χ4n) is 1.75. The summed E-state index contributed by atoms with van der Waals surface area (Å²) in [6.45, 7) is 2.41. The van der Waals surface area contributed by atoms with Crippen LogP contribution in [0.3, 0.4) is 0 Å². The Bertz CT molecular complexity index is 679. The van der Waals surface area contributed by atoms with Crippen molar-refractivity contribution in [1.29, 1.82) is 5.26 Å². The topological polar surface area (TPSA) is 81.0 Å². The Morgan fingerprint density at radius 1 is 1.53 bits per heavy atom. The zero-order valence-corrected chi connectivity index (χ0v) is 10.7. The van der Waals surface area contributed by atoms with Crippen molar-refractivity contribution in [3.05, 3.63) is 51.3 Å². The second kappa shape index (κ2) is 5.50. The fourth-order valence-corrected chi connectivity index (χ4v) is 1.75. The van der Waals surface area contributed by atoms with E-state index < -0.39 is 0 Å². The molecule has 0 spiro atoms. The highest BCUT2D eigenvalue weighted by Gasteiger charge is 2.09. The third-order valence-corrected chi connectivity index (χ3v) is 2.73. The molecule has 0 aliphatic carbocycles. The van der Waals surface area contributed by atoms with Crippen LogP contribution >= 0.6 is 0 Å². The van der Waals surface area contributed by atoms with Gasteiger partial charge in [0.1, 0.15) is 23.9 Å². The lowest BCUT2D eigenvalue weighted by Crippen LogP contribution is -2.24. The highest BCUT2D eigenvalue weighted by Crippen LogP contribution is 2.07. The van der Waals surface area contributed by atoms with E-state index in [1.807, 2.05) is 6.07 Å². The fraction of sp³-hybridized carbons (Fsp3) is 0.308. The molecular formula is C13H13N3O3. The number of nitriles is 1. The second-order valence-electron chi connectivity index (χ2n) is 4.11. The van der Waals surface area contributed by atoms with Crippen molar-refractivity contribution in [3.63, 3.8) is 0 Å². The van der Waals surface area contributed by atoms with Crippen LogP contribution in [0.5, 0.6) is 0 Å². The van der Waals surface area contributed by atoms with Gasteiger partial charge in [-0.3, -0.25) is 4.79 Å². The van der Waals surface area contributed by atoms with Crippen LogP contribution in [0.1, 0.15) is 22.7 Å². The number of methoxy groups -OCH3 is 1. The summed E-state index contributed by atoms with van der Waals surface area (Å²) in [7, 11) is 1.56. The van der Waals surface area contributed by atoms with Crippen LogP contribution < -0.4 is 5.56 Å². The molecule has 0 bridgehead atoms. The number of nitrogens with zero attached hydrogens (tertiary/aromatic N) is 3. The van der Waals surface area contributed by atoms with Crippen molar-refractivity contribution in [2.75, 3.05) is 7.11 Å². The lowest BCUT2D eigenvalue weighted by atomic mass is 10.2. The van der Waals surface area contributed by atoms with E-state index in [0.717, 1.165) is 5.69 Å². The molecule has 2 heterocycles. The van der Waals surface area contributed by atoms with Gasteiger partial charge in [-0.2, -0.15) is 5.26 Å². The second-order valence-corrected chi connectivity index (χ2v) is 4.11. The number of hydrogen-bond donors (Lipinski definition) is 0. The third-order valence-electron chi connectivity index (χ3n) is 2.73. The molecule has 0 amide bonds. The molecule has 19 heavy (non-hydrogen) atoms. The largest absolute Gasteiger partial charge is 0.377 e. The van der Waals surface area contributed by atoms with E-state index in [1.54, 1.807) is 26.2 Å². The van der Waals surface area contributed by atoms with Crippen LogP contribution in [0.4, 0.5) is 0 Å². The molecule has 0 fully saturated rings. The molecule has 0 saturated carbocycles. The Balaban J connectivity index is 2.32. The molecule has 2 aromatic heterocycles. The zero-order chi connectivity index (χ0) is 13.8. The van der Waals surface area contributed by atoms with Gasteiger partial charge in [0.15, 0.2) is 5.76 Å². The highest BCUT2D eigenvalue weighted by molar-refractivity contribution is 5.27. The van der Waals surface area contributed by atoms with Crippen LogP contribution in [-0.4, -0.2) is 16.8 Å². The number of rotatable bonds is 4. The van der Waals surface area contributed by atoms with E-state index in [2.05, 4.69) is 5.16 Å². The predicted molar refractivity (Wildman–Crippen MR) is 66.5 cm³/mol. The van der Waals surface area contributed by atoms with E-state index >= 15 is 0 Å². The Morgan fingerprint density at radius 3 is 3.00 bits per heavy atom. The minimum atomic E-state index is -0.321. The van der Waals surface area contributed by atoms with Gasteiger partial charge in [-0.15, -0.1) is 0 Å². The zero-order valence-electron chi connectivity index (χ0n) is 10.7. The highest BCUT2D eigenvalue weighted by atomic mass is 16.5. The first-order valence-electron chi connectivity index (χ1n) is 5.69. The lowest BCUT2D eigenvalue weighted by Gasteiger charge is -2.07. The van der Waals surface area contributed by atoms with Gasteiger partial charge < -0.3 is 13.8 Å². The van der Waals surface area contributed by atoms with Crippen molar-refractivity contribution in [2.45, 2.75) is 20.1 Å². The van der Waals surface area contributed by atoms with Crippen LogP contribution in [0.2, 0.25) is 0 Å². The molecule has 0 aliphatic rings. The Hall–Kier alpha value is -2.39. The maximum absolute atomic E-state index is 12.0. The molecule has 98 valence electrons. The van der Waals surface area contributed by atoms with Gasteiger partial charge in [0.2, 0.25) is 0 Å². The lowest BCUT2D eigenvalue weighted by molar-refractivity contribution is 0.155. The molecule has 0 aromatic carbocycles.